The van der Waals surface area contributed by atoms with Crippen molar-refractivity contribution in [1.29, 1.82) is 0 Å². The Morgan fingerprint density at radius 3 is 2.39 bits per heavy atom. The van der Waals surface area contributed by atoms with Gasteiger partial charge in [0.1, 0.15) is 18.0 Å². The number of para-hydroxylation sites is 1. The van der Waals surface area contributed by atoms with Gasteiger partial charge >= 0.3 is 0 Å². The van der Waals surface area contributed by atoms with Gasteiger partial charge in [-0.1, -0.05) is 60.7 Å². The number of nitrogens with one attached hydrogen (secondary N) is 3. The zero-order valence-electron chi connectivity index (χ0n) is 26.6. The van der Waals surface area contributed by atoms with Gasteiger partial charge in [0, 0.05) is 54.5 Å². The quantitative estimate of drug-likeness (QED) is 0.161. The molecule has 1 unspecified atom stereocenters. The second-order valence-electron chi connectivity index (χ2n) is 12.0. The minimum Gasteiger partial charge on any atom is -0.369 e. The van der Waals surface area contributed by atoms with Gasteiger partial charge in [0.15, 0.2) is 6.04 Å². The molecular formula is C39H33FN8O. The van der Waals surface area contributed by atoms with Crippen molar-refractivity contribution in [3.63, 3.8) is 0 Å². The molecule has 0 bridgehead atoms. The minimum atomic E-state index is -0.833. The highest BCUT2D eigenvalue weighted by Gasteiger charge is 2.25. The molecule has 0 aliphatic carbocycles. The van der Waals surface area contributed by atoms with E-state index in [4.69, 9.17) is 5.10 Å². The number of amides is 1. The molecule has 3 heterocycles. The number of piperazine rings is 1. The zero-order chi connectivity index (χ0) is 33.2. The van der Waals surface area contributed by atoms with Gasteiger partial charge < -0.3 is 20.9 Å². The van der Waals surface area contributed by atoms with Crippen LogP contribution >= 0.6 is 0 Å². The summed E-state index contributed by atoms with van der Waals surface area (Å²) >= 11 is 0. The fourth-order valence-corrected chi connectivity index (χ4v) is 6.34. The molecule has 1 atom stereocenters. The first-order valence-corrected chi connectivity index (χ1v) is 16.3. The Bertz CT molecular complexity index is 2260. The Morgan fingerprint density at radius 2 is 1.57 bits per heavy atom. The van der Waals surface area contributed by atoms with Crippen LogP contribution in [-0.4, -0.2) is 51.8 Å². The van der Waals surface area contributed by atoms with Crippen molar-refractivity contribution < 1.29 is 9.18 Å². The van der Waals surface area contributed by atoms with E-state index >= 15 is 4.39 Å². The highest BCUT2D eigenvalue weighted by Crippen LogP contribution is 2.30. The van der Waals surface area contributed by atoms with Gasteiger partial charge in [-0.15, -0.1) is 0 Å². The van der Waals surface area contributed by atoms with Crippen LogP contribution in [-0.2, 0) is 4.79 Å². The molecule has 1 aliphatic heterocycles. The molecule has 3 N–H and O–H groups in total. The fraction of sp³-hybridized carbons (Fsp3) is 0.128. The lowest BCUT2D eigenvalue weighted by atomic mass is 10.0. The third-order valence-electron chi connectivity index (χ3n) is 8.87. The highest BCUT2D eigenvalue weighted by molar-refractivity contribution is 5.97. The van der Waals surface area contributed by atoms with Crippen molar-refractivity contribution in [2.45, 2.75) is 6.04 Å². The molecule has 10 heteroatoms. The van der Waals surface area contributed by atoms with Gasteiger partial charge in [0.05, 0.1) is 16.7 Å². The first-order valence-electron chi connectivity index (χ1n) is 16.3. The van der Waals surface area contributed by atoms with Gasteiger partial charge in [0.2, 0.25) is 0 Å². The first-order chi connectivity index (χ1) is 24.1. The molecule has 1 fully saturated rings. The normalized spacial score (nSPS) is 13.8. The van der Waals surface area contributed by atoms with Crippen molar-refractivity contribution in [2.75, 3.05) is 41.7 Å². The summed E-state index contributed by atoms with van der Waals surface area (Å²) in [5, 5.41) is 15.9. The number of carbonyl (C=O) groups is 1. The van der Waals surface area contributed by atoms with Crippen LogP contribution in [0.15, 0.2) is 128 Å². The number of fused-ring (bicyclic) bond motifs is 2. The summed E-state index contributed by atoms with van der Waals surface area (Å²) in [6, 6.07) is 35.5. The summed E-state index contributed by atoms with van der Waals surface area (Å²) in [5.74, 6) is -0.432. The fourth-order valence-electron chi connectivity index (χ4n) is 6.34. The van der Waals surface area contributed by atoms with E-state index in [2.05, 4.69) is 61.2 Å². The van der Waals surface area contributed by atoms with E-state index in [-0.39, 0.29) is 5.69 Å². The second kappa shape index (κ2) is 13.2. The molecule has 1 saturated heterocycles. The lowest BCUT2D eigenvalue weighted by molar-refractivity contribution is -0.118. The third-order valence-corrected chi connectivity index (χ3v) is 8.87. The Labute approximate surface area is 282 Å². The lowest BCUT2D eigenvalue weighted by Crippen LogP contribution is -2.43. The number of hydrogen-bond donors (Lipinski definition) is 3. The predicted octanol–water partition coefficient (Wildman–Crippen LogP) is 7.17. The second-order valence-corrected chi connectivity index (χ2v) is 12.0. The van der Waals surface area contributed by atoms with Crippen molar-refractivity contribution in [2.24, 2.45) is 0 Å². The molecule has 7 aromatic rings. The summed E-state index contributed by atoms with van der Waals surface area (Å²) in [4.78, 5) is 24.9. The molecule has 0 spiro atoms. The van der Waals surface area contributed by atoms with Crippen LogP contribution < -0.4 is 20.9 Å². The summed E-state index contributed by atoms with van der Waals surface area (Å²) in [5.41, 5.74) is 6.20. The highest BCUT2D eigenvalue weighted by atomic mass is 19.1. The molecule has 0 radical (unpaired) electrons. The van der Waals surface area contributed by atoms with Crippen LogP contribution in [0.3, 0.4) is 0 Å². The summed E-state index contributed by atoms with van der Waals surface area (Å²) in [7, 11) is 0. The monoisotopic (exact) mass is 648 g/mol. The maximum atomic E-state index is 15.5. The third kappa shape index (κ3) is 6.29. The van der Waals surface area contributed by atoms with Crippen molar-refractivity contribution >= 4 is 50.6 Å². The molecule has 242 valence electrons. The number of halogens is 1. The van der Waals surface area contributed by atoms with E-state index in [1.165, 1.54) is 18.1 Å². The van der Waals surface area contributed by atoms with Crippen LogP contribution in [0, 0.1) is 5.82 Å². The van der Waals surface area contributed by atoms with Crippen LogP contribution in [0.4, 0.5) is 27.3 Å². The number of carbonyl (C=O) groups excluding carboxylic acids is 1. The standard InChI is InChI=1S/C39H33FN8O/c40-33-23-30(44-38-32-8-4-5-9-35(32)42-25-43-38)13-17-36(33)45-39(49)37(27-6-2-1-3-7-27)48-24-29-22-28(12-16-34(29)46-48)26-10-14-31(15-11-26)47-20-18-41-19-21-47/h1-17,22-25,37,41H,18-21H2,(H,45,49)(H,42,43,44). The van der Waals surface area contributed by atoms with E-state index in [0.29, 0.717) is 11.5 Å². The van der Waals surface area contributed by atoms with E-state index in [0.717, 1.165) is 64.7 Å². The Kier molecular flexibility index (Phi) is 8.12. The Hall–Kier alpha value is -6.13. The maximum absolute atomic E-state index is 15.5. The number of anilines is 4. The number of hydrogen-bond acceptors (Lipinski definition) is 7. The Morgan fingerprint density at radius 1 is 0.796 bits per heavy atom. The van der Waals surface area contributed by atoms with Crippen molar-refractivity contribution in [3.8, 4) is 11.1 Å². The molecule has 1 aliphatic rings. The predicted molar refractivity (Wildman–Crippen MR) is 193 cm³/mol. The van der Waals surface area contributed by atoms with Gasteiger partial charge in [-0.05, 0) is 71.3 Å². The number of rotatable bonds is 8. The summed E-state index contributed by atoms with van der Waals surface area (Å²) in [6.07, 6.45) is 3.34. The van der Waals surface area contributed by atoms with Crippen LogP contribution in [0.25, 0.3) is 32.9 Å². The molecule has 9 nitrogen and oxygen atoms in total. The van der Waals surface area contributed by atoms with Crippen LogP contribution in [0.1, 0.15) is 11.6 Å². The molecule has 49 heavy (non-hydrogen) atoms. The average Bonchev–Trinajstić information content (AvgIpc) is 3.57. The van der Waals surface area contributed by atoms with Crippen LogP contribution in [0.5, 0.6) is 0 Å². The van der Waals surface area contributed by atoms with Gasteiger partial charge in [0.25, 0.3) is 5.91 Å². The summed E-state index contributed by atoms with van der Waals surface area (Å²) < 4.78 is 17.1. The van der Waals surface area contributed by atoms with E-state index < -0.39 is 17.8 Å². The van der Waals surface area contributed by atoms with Gasteiger partial charge in [-0.2, -0.15) is 5.10 Å². The minimum absolute atomic E-state index is 0.0623. The van der Waals surface area contributed by atoms with E-state index in [9.17, 15) is 4.79 Å². The maximum Gasteiger partial charge on any atom is 0.253 e. The number of aromatic nitrogens is 4. The number of benzene rings is 5. The smallest absolute Gasteiger partial charge is 0.253 e. The van der Waals surface area contributed by atoms with Gasteiger partial charge in [-0.25, -0.2) is 14.4 Å². The average molecular weight is 649 g/mol. The zero-order valence-corrected chi connectivity index (χ0v) is 26.6. The number of nitrogens with zero attached hydrogens (tertiary/aromatic N) is 5. The molecule has 8 rings (SSSR count). The van der Waals surface area contributed by atoms with Crippen molar-refractivity contribution in [3.05, 3.63) is 139 Å². The summed E-state index contributed by atoms with van der Waals surface area (Å²) in [6.45, 7) is 3.98. The van der Waals surface area contributed by atoms with Gasteiger partial charge in [-0.3, -0.25) is 9.48 Å². The lowest BCUT2D eigenvalue weighted by Gasteiger charge is -2.29. The van der Waals surface area contributed by atoms with Crippen molar-refractivity contribution in [1.82, 2.24) is 25.1 Å². The topological polar surface area (TPSA) is 100 Å². The molecule has 0 saturated carbocycles. The van der Waals surface area contributed by atoms with Crippen LogP contribution in [0.2, 0.25) is 0 Å². The largest absolute Gasteiger partial charge is 0.369 e. The molecular weight excluding hydrogens is 615 g/mol. The first kappa shape index (κ1) is 30.2. The SMILES string of the molecule is O=C(Nc1ccc(Nc2ncnc3ccccc23)cc1F)C(c1ccccc1)n1cc2cc(-c3ccc(N4CCNCC4)cc3)ccc2n1. The van der Waals surface area contributed by atoms with E-state index in [1.807, 2.05) is 72.9 Å². The van der Waals surface area contributed by atoms with E-state index in [1.54, 1.807) is 16.8 Å². The molecule has 1 amide bonds. The molecule has 2 aromatic heterocycles. The Balaban J connectivity index is 1.04. The molecule has 5 aromatic carbocycles.